The highest BCUT2D eigenvalue weighted by molar-refractivity contribution is 9.22. The van der Waals surface area contributed by atoms with E-state index in [1.807, 2.05) is 0 Å². The van der Waals surface area contributed by atoms with Gasteiger partial charge in [-0.05, 0) is 10.1 Å². The van der Waals surface area contributed by atoms with Gasteiger partial charge >= 0.3 is 0 Å². The Morgan fingerprint density at radius 3 is 1.00 bits per heavy atom. The number of hydrogen-bond donors (Lipinski definition) is 0. The summed E-state index contributed by atoms with van der Waals surface area (Å²) in [6.45, 7) is 0. The average molecular weight is 185 g/mol. The van der Waals surface area contributed by atoms with E-state index in [0.29, 0.717) is 0 Å². The second-order valence-corrected chi connectivity index (χ2v) is 1.77. The maximum Gasteiger partial charge on any atom is 0.0341 e. The second-order valence-electron chi connectivity index (χ2n) is 1.77. The van der Waals surface area contributed by atoms with Crippen LogP contribution in [0.3, 0.4) is 0 Å². The Labute approximate surface area is 57.6 Å². The Kier molecular flexibility index (Phi) is 7.51. The second kappa shape index (κ2) is 6.77. The molecule has 0 unspecified atom stereocenters. The molecule has 0 N–H and O–H groups in total. The first kappa shape index (κ1) is 7.77. The highest BCUT2D eigenvalue weighted by Crippen LogP contribution is 2.15. The van der Waals surface area contributed by atoms with Gasteiger partial charge < -0.3 is 0 Å². The number of hydrogen-bond acceptors (Lipinski definition) is 0. The molecular formula is C5H10BrCl. The van der Waals surface area contributed by atoms with E-state index in [1.165, 1.54) is 32.1 Å². The largest absolute Gasteiger partial charge is 0.0533 e. The van der Waals surface area contributed by atoms with Crippen molar-refractivity contribution in [3.8, 4) is 0 Å². The molecule has 1 saturated carbocycles. The molecule has 44 valence electrons. The van der Waals surface area contributed by atoms with Crippen LogP contribution in [0.1, 0.15) is 32.1 Å². The SMILES string of the molecule is C1CCCC1.ClBr. The van der Waals surface area contributed by atoms with Crippen molar-refractivity contribution in [1.82, 2.24) is 0 Å². The molecule has 0 aromatic heterocycles. The monoisotopic (exact) mass is 184 g/mol. The predicted molar refractivity (Wildman–Crippen MR) is 37.9 cm³/mol. The summed E-state index contributed by atoms with van der Waals surface area (Å²) in [4.78, 5) is 0. The van der Waals surface area contributed by atoms with Crippen molar-refractivity contribution < 1.29 is 0 Å². The highest BCUT2D eigenvalue weighted by atomic mass is 79.9. The Hall–Kier alpha value is 0.770. The van der Waals surface area contributed by atoms with Crippen LogP contribution in [-0.2, 0) is 0 Å². The summed E-state index contributed by atoms with van der Waals surface area (Å²) in [5.74, 6) is 0. The number of rotatable bonds is 0. The quantitative estimate of drug-likeness (QED) is 0.542. The molecule has 0 aromatic carbocycles. The van der Waals surface area contributed by atoms with Gasteiger partial charge in [0.15, 0.2) is 0 Å². The van der Waals surface area contributed by atoms with Gasteiger partial charge in [0.05, 0.1) is 0 Å². The standard InChI is InChI=1S/C5H10.BrCl/c1-2-4-5-3-1;1-2/h1-5H2;. The average Bonchev–Trinajstić information content (AvgIpc) is 2.23. The van der Waals surface area contributed by atoms with Gasteiger partial charge in [-0.25, -0.2) is 0 Å². The summed E-state index contributed by atoms with van der Waals surface area (Å²) in [6.07, 6.45) is 7.50. The maximum absolute atomic E-state index is 4.45. The van der Waals surface area contributed by atoms with Gasteiger partial charge in [0.2, 0.25) is 0 Å². The van der Waals surface area contributed by atoms with Crippen LogP contribution in [0.4, 0.5) is 0 Å². The molecule has 0 atom stereocenters. The molecule has 1 fully saturated rings. The fourth-order valence-electron chi connectivity index (χ4n) is 0.884. The smallest absolute Gasteiger partial charge is 0.0341 e. The first-order valence-corrected chi connectivity index (χ1v) is 4.73. The summed E-state index contributed by atoms with van der Waals surface area (Å²) < 4.78 is 0. The van der Waals surface area contributed by atoms with Crippen LogP contribution in [-0.4, -0.2) is 0 Å². The van der Waals surface area contributed by atoms with E-state index in [1.54, 1.807) is 0 Å². The molecule has 0 nitrogen and oxygen atoms in total. The molecule has 1 aliphatic rings. The molecule has 1 aliphatic carbocycles. The van der Waals surface area contributed by atoms with Crippen molar-refractivity contribution in [3.05, 3.63) is 0 Å². The van der Waals surface area contributed by atoms with Gasteiger partial charge in [-0.1, -0.05) is 32.1 Å². The summed E-state index contributed by atoms with van der Waals surface area (Å²) >= 11 is 2.41. The van der Waals surface area contributed by atoms with E-state index >= 15 is 0 Å². The Balaban J connectivity index is 0.000000162. The molecule has 0 aliphatic heterocycles. The molecule has 2 heteroatoms. The zero-order chi connectivity index (χ0) is 5.54. The van der Waals surface area contributed by atoms with E-state index in [2.05, 4.69) is 25.1 Å². The lowest BCUT2D eigenvalue weighted by molar-refractivity contribution is 0.886. The van der Waals surface area contributed by atoms with E-state index < -0.39 is 0 Å². The van der Waals surface area contributed by atoms with Crippen molar-refractivity contribution in [2.75, 3.05) is 0 Å². The fourth-order valence-corrected chi connectivity index (χ4v) is 0.884. The van der Waals surface area contributed by atoms with Gasteiger partial charge in [0.1, 0.15) is 0 Å². The van der Waals surface area contributed by atoms with Crippen LogP contribution in [0.15, 0.2) is 0 Å². The molecule has 0 radical (unpaired) electrons. The first-order valence-electron chi connectivity index (χ1n) is 2.64. The Bertz CT molecular complexity index is 19.7. The normalized spacial score (nSPS) is 18.0. The van der Waals surface area contributed by atoms with Crippen LogP contribution < -0.4 is 0 Å². The third-order valence-electron chi connectivity index (χ3n) is 1.25. The van der Waals surface area contributed by atoms with Gasteiger partial charge in [-0.15, -0.1) is 0 Å². The van der Waals surface area contributed by atoms with Crippen molar-refractivity contribution in [3.63, 3.8) is 0 Å². The predicted octanol–water partition coefficient (Wildman–Crippen LogP) is 3.49. The van der Waals surface area contributed by atoms with Gasteiger partial charge in [0, 0.05) is 15.0 Å². The van der Waals surface area contributed by atoms with E-state index in [9.17, 15) is 0 Å². The lowest BCUT2D eigenvalue weighted by atomic mass is 10.4. The number of halogens is 2. The van der Waals surface area contributed by atoms with Crippen LogP contribution in [0.25, 0.3) is 0 Å². The lowest BCUT2D eigenvalue weighted by Crippen LogP contribution is -1.47. The maximum atomic E-state index is 4.45. The molecule has 0 aromatic rings. The molecule has 0 bridgehead atoms. The van der Waals surface area contributed by atoms with Crippen molar-refractivity contribution >= 4 is 25.1 Å². The van der Waals surface area contributed by atoms with Crippen LogP contribution in [0.2, 0.25) is 0 Å². The van der Waals surface area contributed by atoms with Crippen molar-refractivity contribution in [1.29, 1.82) is 0 Å². The molecule has 0 saturated heterocycles. The molecule has 1 rings (SSSR count). The van der Waals surface area contributed by atoms with Crippen molar-refractivity contribution in [2.45, 2.75) is 32.1 Å². The van der Waals surface area contributed by atoms with Crippen LogP contribution in [0.5, 0.6) is 0 Å². The minimum absolute atomic E-state index is 1.50. The van der Waals surface area contributed by atoms with E-state index in [4.69, 9.17) is 0 Å². The molecular weight excluding hydrogens is 175 g/mol. The van der Waals surface area contributed by atoms with E-state index in [0.717, 1.165) is 0 Å². The first-order chi connectivity index (χ1) is 3.50. The summed E-state index contributed by atoms with van der Waals surface area (Å²) in [6, 6.07) is 0. The minimum atomic E-state index is 1.50. The third-order valence-corrected chi connectivity index (χ3v) is 1.25. The fraction of sp³-hybridized carbons (Fsp3) is 1.00. The van der Waals surface area contributed by atoms with Gasteiger partial charge in [-0.3, -0.25) is 0 Å². The van der Waals surface area contributed by atoms with E-state index in [-0.39, 0.29) is 0 Å². The molecule has 0 heterocycles. The highest BCUT2D eigenvalue weighted by Gasteiger charge is 1.95. The molecule has 0 spiro atoms. The lowest BCUT2D eigenvalue weighted by Gasteiger charge is -1.67. The molecule has 7 heavy (non-hydrogen) atoms. The summed E-state index contributed by atoms with van der Waals surface area (Å²) in [7, 11) is 4.45. The Morgan fingerprint density at radius 2 is 0.857 bits per heavy atom. The Morgan fingerprint density at radius 1 is 0.714 bits per heavy atom. The topological polar surface area (TPSA) is 0 Å². The van der Waals surface area contributed by atoms with Gasteiger partial charge in [-0.2, -0.15) is 0 Å². The third kappa shape index (κ3) is 4.63. The van der Waals surface area contributed by atoms with Crippen LogP contribution in [0, 0.1) is 0 Å². The zero-order valence-electron chi connectivity index (χ0n) is 4.29. The minimum Gasteiger partial charge on any atom is -0.0533 e. The van der Waals surface area contributed by atoms with Crippen molar-refractivity contribution in [2.24, 2.45) is 0 Å². The van der Waals surface area contributed by atoms with Crippen LogP contribution >= 0.6 is 25.1 Å². The summed E-state index contributed by atoms with van der Waals surface area (Å²) in [5, 5.41) is 0. The van der Waals surface area contributed by atoms with Gasteiger partial charge in [0.25, 0.3) is 0 Å². The zero-order valence-corrected chi connectivity index (χ0v) is 6.63. The summed E-state index contributed by atoms with van der Waals surface area (Å²) in [5.41, 5.74) is 0. The molecule has 0 amide bonds.